The fourth-order valence-electron chi connectivity index (χ4n) is 1.42. The lowest BCUT2D eigenvalue weighted by Crippen LogP contribution is -2.23. The van der Waals surface area contributed by atoms with Crippen molar-refractivity contribution < 1.29 is 13.9 Å². The zero-order valence-corrected chi connectivity index (χ0v) is 9.98. The fraction of sp³-hybridized carbons (Fsp3) is 0.154. The molecule has 0 N–H and O–H groups in total. The van der Waals surface area contributed by atoms with Gasteiger partial charge < -0.3 is 9.15 Å². The van der Waals surface area contributed by atoms with Gasteiger partial charge >= 0.3 is 0 Å². The second kappa shape index (κ2) is 5.06. The van der Waals surface area contributed by atoms with Gasteiger partial charge in [-0.1, -0.05) is 17.7 Å². The van der Waals surface area contributed by atoms with E-state index < -0.39 is 6.10 Å². The smallest absolute Gasteiger partial charge is 0.238 e. The van der Waals surface area contributed by atoms with E-state index in [1.165, 1.54) is 6.26 Å². The number of furan rings is 1. The molecule has 1 aromatic heterocycles. The molecule has 0 aliphatic carbocycles. The number of hydrogen-bond donors (Lipinski definition) is 0. The molecule has 0 aliphatic heterocycles. The first kappa shape index (κ1) is 11.7. The highest BCUT2D eigenvalue weighted by molar-refractivity contribution is 6.30. The Labute approximate surface area is 104 Å². The van der Waals surface area contributed by atoms with Crippen molar-refractivity contribution in [2.45, 2.75) is 13.0 Å². The molecule has 0 amide bonds. The van der Waals surface area contributed by atoms with Crippen molar-refractivity contribution in [2.24, 2.45) is 0 Å². The van der Waals surface area contributed by atoms with Crippen LogP contribution in [0.15, 0.2) is 47.1 Å². The molecule has 0 saturated heterocycles. The summed E-state index contributed by atoms with van der Waals surface area (Å²) in [6, 6.07) is 10.2. The summed E-state index contributed by atoms with van der Waals surface area (Å²) in [7, 11) is 0. The third kappa shape index (κ3) is 2.88. The van der Waals surface area contributed by atoms with Crippen LogP contribution >= 0.6 is 11.6 Å². The molecule has 2 rings (SSSR count). The van der Waals surface area contributed by atoms with Crippen molar-refractivity contribution in [2.75, 3.05) is 0 Å². The molecule has 0 spiro atoms. The highest BCUT2D eigenvalue weighted by atomic mass is 35.5. The summed E-state index contributed by atoms with van der Waals surface area (Å²) in [5.74, 6) is 0.652. The lowest BCUT2D eigenvalue weighted by atomic mass is 10.2. The van der Waals surface area contributed by atoms with E-state index in [1.807, 2.05) is 0 Å². The van der Waals surface area contributed by atoms with Crippen LogP contribution in [0.25, 0.3) is 0 Å². The monoisotopic (exact) mass is 250 g/mol. The molecule has 1 atom stereocenters. The van der Waals surface area contributed by atoms with Crippen molar-refractivity contribution in [3.63, 3.8) is 0 Å². The number of hydrogen-bond acceptors (Lipinski definition) is 3. The highest BCUT2D eigenvalue weighted by Crippen LogP contribution is 2.19. The van der Waals surface area contributed by atoms with Gasteiger partial charge in [-0.2, -0.15) is 0 Å². The van der Waals surface area contributed by atoms with Gasteiger partial charge in [0.1, 0.15) is 5.75 Å². The van der Waals surface area contributed by atoms with E-state index in [0.29, 0.717) is 16.5 Å². The number of halogens is 1. The Morgan fingerprint density at radius 1 is 1.35 bits per heavy atom. The first-order valence-corrected chi connectivity index (χ1v) is 5.54. The van der Waals surface area contributed by atoms with Crippen LogP contribution in [-0.2, 0) is 0 Å². The minimum absolute atomic E-state index is 0.199. The molecule has 2 aromatic rings. The lowest BCUT2D eigenvalue weighted by molar-refractivity contribution is 0.0789. The Kier molecular flexibility index (Phi) is 3.49. The molecule has 4 heteroatoms. The van der Waals surface area contributed by atoms with Crippen LogP contribution in [0.5, 0.6) is 5.75 Å². The maximum atomic E-state index is 11.8. The van der Waals surface area contributed by atoms with Gasteiger partial charge in [0, 0.05) is 5.02 Å². The Morgan fingerprint density at radius 2 is 2.18 bits per heavy atom. The number of benzene rings is 1. The number of carbonyl (C=O) groups is 1. The number of carbonyl (C=O) groups excluding carboxylic acids is 1. The highest BCUT2D eigenvalue weighted by Gasteiger charge is 2.19. The van der Waals surface area contributed by atoms with Crippen molar-refractivity contribution in [1.82, 2.24) is 0 Å². The van der Waals surface area contributed by atoms with Crippen LogP contribution in [-0.4, -0.2) is 11.9 Å². The molecule has 0 saturated carbocycles. The van der Waals surface area contributed by atoms with E-state index in [2.05, 4.69) is 0 Å². The predicted molar refractivity (Wildman–Crippen MR) is 64.6 cm³/mol. The molecular weight excluding hydrogens is 240 g/mol. The Balaban J connectivity index is 2.07. The van der Waals surface area contributed by atoms with Gasteiger partial charge in [-0.3, -0.25) is 4.79 Å². The largest absolute Gasteiger partial charge is 0.482 e. The first-order chi connectivity index (χ1) is 8.16. The van der Waals surface area contributed by atoms with E-state index in [1.54, 1.807) is 43.3 Å². The van der Waals surface area contributed by atoms with Gasteiger partial charge in [-0.05, 0) is 37.3 Å². The van der Waals surface area contributed by atoms with Crippen molar-refractivity contribution >= 4 is 17.4 Å². The maximum absolute atomic E-state index is 11.8. The minimum atomic E-state index is -0.611. The van der Waals surface area contributed by atoms with E-state index in [-0.39, 0.29) is 5.78 Å². The summed E-state index contributed by atoms with van der Waals surface area (Å²) in [4.78, 5) is 11.8. The van der Waals surface area contributed by atoms with Gasteiger partial charge in [0.15, 0.2) is 11.9 Å². The van der Waals surface area contributed by atoms with Gasteiger partial charge in [0.05, 0.1) is 6.26 Å². The molecule has 1 heterocycles. The molecule has 0 radical (unpaired) electrons. The van der Waals surface area contributed by atoms with Crippen molar-refractivity contribution in [1.29, 1.82) is 0 Å². The molecule has 17 heavy (non-hydrogen) atoms. The van der Waals surface area contributed by atoms with Crippen LogP contribution in [0.3, 0.4) is 0 Å². The number of Topliss-reactive ketones (excluding diaryl/α,β-unsaturated/α-hetero) is 1. The second-order valence-electron chi connectivity index (χ2n) is 3.56. The van der Waals surface area contributed by atoms with Crippen LogP contribution < -0.4 is 4.74 Å². The normalized spacial score (nSPS) is 12.1. The molecule has 1 unspecified atom stereocenters. The molecule has 0 aliphatic rings. The quantitative estimate of drug-likeness (QED) is 0.779. The van der Waals surface area contributed by atoms with Gasteiger partial charge in [0.2, 0.25) is 5.78 Å². The van der Waals surface area contributed by atoms with Gasteiger partial charge in [-0.15, -0.1) is 0 Å². The SMILES string of the molecule is CC(Oc1cccc(Cl)c1)C(=O)c1ccco1. The summed E-state index contributed by atoms with van der Waals surface area (Å²) in [5, 5.41) is 0.570. The summed E-state index contributed by atoms with van der Waals surface area (Å²) < 4.78 is 10.5. The van der Waals surface area contributed by atoms with Crippen LogP contribution in [0.2, 0.25) is 5.02 Å². The van der Waals surface area contributed by atoms with Crippen LogP contribution in [0, 0.1) is 0 Å². The van der Waals surface area contributed by atoms with Gasteiger partial charge in [0.25, 0.3) is 0 Å². The molecule has 0 bridgehead atoms. The molecule has 0 fully saturated rings. The third-order valence-corrected chi connectivity index (χ3v) is 2.48. The zero-order valence-electron chi connectivity index (χ0n) is 9.22. The standard InChI is InChI=1S/C13H11ClO3/c1-9(13(15)12-6-3-7-16-12)17-11-5-2-4-10(14)8-11/h2-9H,1H3. The first-order valence-electron chi connectivity index (χ1n) is 5.17. The molecule has 1 aromatic carbocycles. The molecule has 88 valence electrons. The third-order valence-electron chi connectivity index (χ3n) is 2.24. The number of ether oxygens (including phenoxy) is 1. The number of rotatable bonds is 4. The van der Waals surface area contributed by atoms with Crippen LogP contribution in [0.1, 0.15) is 17.5 Å². The van der Waals surface area contributed by atoms with Crippen LogP contribution in [0.4, 0.5) is 0 Å². The molecular formula is C13H11ClO3. The average Bonchev–Trinajstić information content (AvgIpc) is 2.81. The van der Waals surface area contributed by atoms with E-state index in [9.17, 15) is 4.79 Å². The molecule has 3 nitrogen and oxygen atoms in total. The number of ketones is 1. The van der Waals surface area contributed by atoms with E-state index in [4.69, 9.17) is 20.8 Å². The summed E-state index contributed by atoms with van der Waals surface area (Å²) in [5.41, 5.74) is 0. The summed E-state index contributed by atoms with van der Waals surface area (Å²) in [6.07, 6.45) is 0.846. The Bertz CT molecular complexity index is 505. The second-order valence-corrected chi connectivity index (χ2v) is 4.00. The summed E-state index contributed by atoms with van der Waals surface area (Å²) in [6.45, 7) is 1.67. The van der Waals surface area contributed by atoms with E-state index >= 15 is 0 Å². The van der Waals surface area contributed by atoms with Crippen molar-refractivity contribution in [3.8, 4) is 5.75 Å². The zero-order chi connectivity index (χ0) is 12.3. The fourth-order valence-corrected chi connectivity index (χ4v) is 1.60. The Morgan fingerprint density at radius 3 is 2.82 bits per heavy atom. The Hall–Kier alpha value is -1.74. The predicted octanol–water partition coefficient (Wildman–Crippen LogP) is 3.58. The van der Waals surface area contributed by atoms with E-state index in [0.717, 1.165) is 0 Å². The minimum Gasteiger partial charge on any atom is -0.482 e. The summed E-state index contributed by atoms with van der Waals surface area (Å²) >= 11 is 5.82. The maximum Gasteiger partial charge on any atom is 0.238 e. The lowest BCUT2D eigenvalue weighted by Gasteiger charge is -2.12. The topological polar surface area (TPSA) is 39.4 Å². The average molecular weight is 251 g/mol. The van der Waals surface area contributed by atoms with Crippen molar-refractivity contribution in [3.05, 3.63) is 53.4 Å². The van der Waals surface area contributed by atoms with Gasteiger partial charge in [-0.25, -0.2) is 0 Å².